The number of aromatic amines is 1. The molecule has 0 saturated heterocycles. The SMILES string of the molecule is CCCCCCC(CCCCCC)c1c[nH]nc1N. The number of hydrogen-bond donors (Lipinski definition) is 2. The molecular weight excluding hydrogens is 234 g/mol. The minimum absolute atomic E-state index is 0.604. The third-order valence-corrected chi connectivity index (χ3v) is 3.95. The summed E-state index contributed by atoms with van der Waals surface area (Å²) in [5.41, 5.74) is 7.20. The predicted molar refractivity (Wildman–Crippen MR) is 83.3 cm³/mol. The predicted octanol–water partition coefficient (Wildman–Crippen LogP) is 5.02. The highest BCUT2D eigenvalue weighted by atomic mass is 15.1. The number of nitrogens with zero attached hydrogens (tertiary/aromatic N) is 1. The fraction of sp³-hybridized carbons (Fsp3) is 0.812. The topological polar surface area (TPSA) is 54.7 Å². The zero-order chi connectivity index (χ0) is 13.9. The second-order valence-electron chi connectivity index (χ2n) is 5.62. The van der Waals surface area contributed by atoms with Crippen molar-refractivity contribution in [2.45, 2.75) is 84.0 Å². The second-order valence-corrected chi connectivity index (χ2v) is 5.62. The number of hydrogen-bond acceptors (Lipinski definition) is 2. The lowest BCUT2D eigenvalue weighted by Gasteiger charge is -2.16. The highest BCUT2D eigenvalue weighted by molar-refractivity contribution is 5.39. The molecule has 0 bridgehead atoms. The molecule has 0 unspecified atom stereocenters. The van der Waals surface area contributed by atoms with E-state index < -0.39 is 0 Å². The molecule has 0 aliphatic rings. The molecule has 0 aliphatic carbocycles. The van der Waals surface area contributed by atoms with E-state index in [4.69, 9.17) is 5.73 Å². The van der Waals surface area contributed by atoms with Crippen molar-refractivity contribution in [3.8, 4) is 0 Å². The summed E-state index contributed by atoms with van der Waals surface area (Å²) in [7, 11) is 0. The Morgan fingerprint density at radius 2 is 1.58 bits per heavy atom. The first-order chi connectivity index (χ1) is 9.29. The number of unbranched alkanes of at least 4 members (excludes halogenated alkanes) is 6. The Morgan fingerprint density at radius 3 is 2.00 bits per heavy atom. The van der Waals surface area contributed by atoms with Crippen LogP contribution >= 0.6 is 0 Å². The first-order valence-electron chi connectivity index (χ1n) is 8.08. The zero-order valence-corrected chi connectivity index (χ0v) is 12.8. The Balaban J connectivity index is 2.41. The van der Waals surface area contributed by atoms with Gasteiger partial charge in [0.05, 0.1) is 0 Å². The molecule has 0 atom stereocenters. The highest BCUT2D eigenvalue weighted by Gasteiger charge is 2.15. The van der Waals surface area contributed by atoms with Crippen LogP contribution in [0.15, 0.2) is 6.20 Å². The van der Waals surface area contributed by atoms with Crippen LogP contribution in [0.3, 0.4) is 0 Å². The van der Waals surface area contributed by atoms with Crippen LogP contribution in [0.5, 0.6) is 0 Å². The molecular formula is C16H31N3. The van der Waals surface area contributed by atoms with Gasteiger partial charge in [0.1, 0.15) is 5.82 Å². The van der Waals surface area contributed by atoms with Gasteiger partial charge >= 0.3 is 0 Å². The largest absolute Gasteiger partial charge is 0.382 e. The van der Waals surface area contributed by atoms with Gasteiger partial charge in [-0.1, -0.05) is 65.2 Å². The molecule has 1 aromatic rings. The summed E-state index contributed by atoms with van der Waals surface area (Å²) in [6.45, 7) is 4.52. The van der Waals surface area contributed by atoms with Gasteiger partial charge in [0.2, 0.25) is 0 Å². The number of H-pyrrole nitrogens is 1. The number of nitrogens with two attached hydrogens (primary N) is 1. The molecule has 0 aliphatic heterocycles. The van der Waals surface area contributed by atoms with Gasteiger partial charge in [0, 0.05) is 11.8 Å². The number of nitrogens with one attached hydrogen (secondary N) is 1. The Bertz CT molecular complexity index is 308. The summed E-state index contributed by atoms with van der Waals surface area (Å²) in [5, 5.41) is 6.99. The molecule has 19 heavy (non-hydrogen) atoms. The van der Waals surface area contributed by atoms with Gasteiger partial charge in [0.15, 0.2) is 0 Å². The summed E-state index contributed by atoms with van der Waals surface area (Å²) >= 11 is 0. The van der Waals surface area contributed by atoms with Gasteiger partial charge in [-0.2, -0.15) is 5.10 Å². The zero-order valence-electron chi connectivity index (χ0n) is 12.8. The monoisotopic (exact) mass is 265 g/mol. The van der Waals surface area contributed by atoms with Gasteiger partial charge in [-0.15, -0.1) is 0 Å². The van der Waals surface area contributed by atoms with Gasteiger partial charge < -0.3 is 5.73 Å². The molecule has 0 fully saturated rings. The van der Waals surface area contributed by atoms with Crippen molar-refractivity contribution in [3.63, 3.8) is 0 Å². The first-order valence-corrected chi connectivity index (χ1v) is 8.08. The van der Waals surface area contributed by atoms with E-state index in [0.717, 1.165) is 0 Å². The van der Waals surface area contributed by atoms with Gasteiger partial charge in [0.25, 0.3) is 0 Å². The maximum absolute atomic E-state index is 5.96. The maximum atomic E-state index is 5.96. The molecule has 1 aromatic heterocycles. The number of rotatable bonds is 11. The maximum Gasteiger partial charge on any atom is 0.148 e. The average Bonchev–Trinajstić information content (AvgIpc) is 2.83. The van der Waals surface area contributed by atoms with Crippen molar-refractivity contribution in [2.75, 3.05) is 5.73 Å². The van der Waals surface area contributed by atoms with Crippen LogP contribution < -0.4 is 5.73 Å². The second kappa shape index (κ2) is 9.88. The number of anilines is 1. The van der Waals surface area contributed by atoms with E-state index in [1.807, 2.05) is 6.20 Å². The van der Waals surface area contributed by atoms with Crippen molar-refractivity contribution < 1.29 is 0 Å². The van der Waals surface area contributed by atoms with Crippen LogP contribution in [-0.4, -0.2) is 10.2 Å². The van der Waals surface area contributed by atoms with Gasteiger partial charge in [-0.25, -0.2) is 0 Å². The minimum Gasteiger partial charge on any atom is -0.382 e. The van der Waals surface area contributed by atoms with E-state index in [1.54, 1.807) is 0 Å². The van der Waals surface area contributed by atoms with Crippen LogP contribution in [-0.2, 0) is 0 Å². The van der Waals surface area contributed by atoms with Crippen molar-refractivity contribution in [2.24, 2.45) is 0 Å². The molecule has 3 nitrogen and oxygen atoms in total. The molecule has 3 heteroatoms. The first kappa shape index (κ1) is 16.1. The van der Waals surface area contributed by atoms with E-state index in [0.29, 0.717) is 11.7 Å². The van der Waals surface area contributed by atoms with E-state index in [1.165, 1.54) is 69.8 Å². The molecule has 0 radical (unpaired) electrons. The van der Waals surface area contributed by atoms with Gasteiger partial charge in [-0.05, 0) is 18.8 Å². The third kappa shape index (κ3) is 6.13. The lowest BCUT2D eigenvalue weighted by Crippen LogP contribution is -2.02. The number of aromatic nitrogens is 2. The fourth-order valence-electron chi connectivity index (χ4n) is 2.73. The summed E-state index contributed by atoms with van der Waals surface area (Å²) in [5.74, 6) is 1.31. The quantitative estimate of drug-likeness (QED) is 0.552. The van der Waals surface area contributed by atoms with Crippen molar-refractivity contribution >= 4 is 5.82 Å². The molecule has 3 N–H and O–H groups in total. The summed E-state index contributed by atoms with van der Waals surface area (Å²) in [6.07, 6.45) is 15.1. The summed E-state index contributed by atoms with van der Waals surface area (Å²) in [4.78, 5) is 0. The fourth-order valence-corrected chi connectivity index (χ4v) is 2.73. The average molecular weight is 265 g/mol. The smallest absolute Gasteiger partial charge is 0.148 e. The molecule has 1 heterocycles. The minimum atomic E-state index is 0.604. The Kier molecular flexibility index (Phi) is 8.35. The lowest BCUT2D eigenvalue weighted by molar-refractivity contribution is 0.497. The molecule has 110 valence electrons. The van der Waals surface area contributed by atoms with Crippen LogP contribution in [0.4, 0.5) is 5.82 Å². The Labute approximate surface area is 118 Å². The van der Waals surface area contributed by atoms with Crippen molar-refractivity contribution in [3.05, 3.63) is 11.8 Å². The lowest BCUT2D eigenvalue weighted by atomic mass is 9.89. The number of nitrogen functional groups attached to an aromatic ring is 1. The normalized spacial score (nSPS) is 11.3. The Morgan fingerprint density at radius 1 is 1.00 bits per heavy atom. The summed E-state index contributed by atoms with van der Waals surface area (Å²) in [6, 6.07) is 0. The molecule has 0 amide bonds. The van der Waals surface area contributed by atoms with Crippen LogP contribution in [0.1, 0.15) is 89.5 Å². The standard InChI is InChI=1S/C16H31N3/c1-3-5-7-9-11-14(12-10-8-6-4-2)15-13-18-19-16(15)17/h13-14H,3-12H2,1-2H3,(H3,17,18,19). The molecule has 0 spiro atoms. The van der Waals surface area contributed by atoms with E-state index in [2.05, 4.69) is 24.0 Å². The van der Waals surface area contributed by atoms with E-state index in [-0.39, 0.29) is 0 Å². The third-order valence-electron chi connectivity index (χ3n) is 3.95. The van der Waals surface area contributed by atoms with Gasteiger partial charge in [-0.3, -0.25) is 5.10 Å². The van der Waals surface area contributed by atoms with E-state index >= 15 is 0 Å². The highest BCUT2D eigenvalue weighted by Crippen LogP contribution is 2.30. The molecule has 0 saturated carbocycles. The molecule has 1 rings (SSSR count). The van der Waals surface area contributed by atoms with Crippen molar-refractivity contribution in [1.82, 2.24) is 10.2 Å². The van der Waals surface area contributed by atoms with Crippen LogP contribution in [0.25, 0.3) is 0 Å². The van der Waals surface area contributed by atoms with Crippen molar-refractivity contribution in [1.29, 1.82) is 0 Å². The molecule has 0 aromatic carbocycles. The summed E-state index contributed by atoms with van der Waals surface area (Å²) < 4.78 is 0. The van der Waals surface area contributed by atoms with Crippen LogP contribution in [0, 0.1) is 0 Å². The van der Waals surface area contributed by atoms with Crippen LogP contribution in [0.2, 0.25) is 0 Å². The van der Waals surface area contributed by atoms with E-state index in [9.17, 15) is 0 Å². The Hall–Kier alpha value is -0.990.